The molecule has 6 heteroatoms. The lowest BCUT2D eigenvalue weighted by molar-refractivity contribution is -0.129. The van der Waals surface area contributed by atoms with E-state index in [4.69, 9.17) is 4.74 Å². The Labute approximate surface area is 145 Å². The number of amides is 1. The molecule has 0 spiro atoms. The van der Waals surface area contributed by atoms with Gasteiger partial charge in [0.1, 0.15) is 17.1 Å². The molecule has 0 unspecified atom stereocenters. The highest BCUT2D eigenvalue weighted by Crippen LogP contribution is 2.22. The molecule has 5 nitrogen and oxygen atoms in total. The number of aryl methyl sites for hydroxylation is 1. The average molecular weight is 345 g/mol. The summed E-state index contributed by atoms with van der Waals surface area (Å²) < 4.78 is 17.9. The van der Waals surface area contributed by atoms with Crippen molar-refractivity contribution in [1.29, 1.82) is 0 Å². The third kappa shape index (κ3) is 5.04. The second-order valence-electron chi connectivity index (χ2n) is 5.69. The Morgan fingerprint density at radius 2 is 1.88 bits per heavy atom. The highest BCUT2D eigenvalue weighted by Gasteiger charge is 2.21. The molecule has 0 fully saturated rings. The predicted molar refractivity (Wildman–Crippen MR) is 90.8 cm³/mol. The fourth-order valence-electron chi connectivity index (χ4n) is 2.23. The fourth-order valence-corrected chi connectivity index (χ4v) is 2.23. The van der Waals surface area contributed by atoms with Crippen LogP contribution in [0.2, 0.25) is 0 Å². The summed E-state index contributed by atoms with van der Waals surface area (Å²) in [5.74, 6) is -1.67. The van der Waals surface area contributed by atoms with Crippen molar-refractivity contribution in [2.45, 2.75) is 26.4 Å². The first-order valence-electron chi connectivity index (χ1n) is 7.90. The number of halogens is 1. The summed E-state index contributed by atoms with van der Waals surface area (Å²) in [7, 11) is 0. The lowest BCUT2D eigenvalue weighted by Gasteiger charge is -2.14. The number of phenolic OH excluding ortho intramolecular Hbond substituents is 1. The summed E-state index contributed by atoms with van der Waals surface area (Å²) in [6.45, 7) is 3.46. The quantitative estimate of drug-likeness (QED) is 0.790. The number of aromatic hydroxyl groups is 1. The van der Waals surface area contributed by atoms with Crippen LogP contribution in [0.1, 0.15) is 28.4 Å². The minimum atomic E-state index is -0.999. The van der Waals surface area contributed by atoms with Gasteiger partial charge in [-0.05, 0) is 49.6 Å². The number of hydrogen-bond donors (Lipinski definition) is 2. The third-order valence-electron chi connectivity index (χ3n) is 3.74. The molecule has 2 rings (SSSR count). The van der Waals surface area contributed by atoms with Gasteiger partial charge in [0, 0.05) is 6.54 Å². The number of esters is 1. The van der Waals surface area contributed by atoms with Gasteiger partial charge in [-0.3, -0.25) is 4.79 Å². The standard InChI is InChI=1S/C19H20FNO4/c1-12-4-3-5-16(17(12)22)19(24)25-13(2)18(23)21-11-10-14-6-8-15(20)9-7-14/h3-9,13,22H,10-11H2,1-2H3,(H,21,23)/t13-/m0/s1. The Kier molecular flexibility index (Phi) is 6.11. The van der Waals surface area contributed by atoms with Crippen LogP contribution in [0.15, 0.2) is 42.5 Å². The van der Waals surface area contributed by atoms with E-state index in [0.717, 1.165) is 5.56 Å². The predicted octanol–water partition coefficient (Wildman–Crippen LogP) is 2.74. The Morgan fingerprint density at radius 3 is 2.56 bits per heavy atom. The second kappa shape index (κ2) is 8.28. The zero-order chi connectivity index (χ0) is 18.4. The molecule has 2 aromatic rings. The topological polar surface area (TPSA) is 75.6 Å². The molecule has 0 aliphatic heterocycles. The molecule has 0 saturated carbocycles. The Bertz CT molecular complexity index is 759. The van der Waals surface area contributed by atoms with Gasteiger partial charge in [0.05, 0.1) is 0 Å². The van der Waals surface area contributed by atoms with E-state index >= 15 is 0 Å². The molecule has 0 radical (unpaired) electrons. The maximum atomic E-state index is 12.8. The van der Waals surface area contributed by atoms with Gasteiger partial charge in [-0.2, -0.15) is 0 Å². The highest BCUT2D eigenvalue weighted by molar-refractivity contribution is 5.94. The van der Waals surface area contributed by atoms with Crippen molar-refractivity contribution >= 4 is 11.9 Å². The molecule has 2 N–H and O–H groups in total. The van der Waals surface area contributed by atoms with Crippen LogP contribution in [0, 0.1) is 12.7 Å². The van der Waals surface area contributed by atoms with Crippen LogP contribution in [0.25, 0.3) is 0 Å². The highest BCUT2D eigenvalue weighted by atomic mass is 19.1. The van der Waals surface area contributed by atoms with Crippen molar-refractivity contribution in [3.8, 4) is 5.75 Å². The minimum Gasteiger partial charge on any atom is -0.507 e. The van der Waals surface area contributed by atoms with Crippen molar-refractivity contribution in [3.05, 3.63) is 65.0 Å². The van der Waals surface area contributed by atoms with Gasteiger partial charge in [-0.25, -0.2) is 9.18 Å². The van der Waals surface area contributed by atoms with Crippen LogP contribution in [0.3, 0.4) is 0 Å². The molecule has 0 heterocycles. The number of benzene rings is 2. The number of ether oxygens (including phenoxy) is 1. The van der Waals surface area contributed by atoms with Crippen LogP contribution >= 0.6 is 0 Å². The number of para-hydroxylation sites is 1. The van der Waals surface area contributed by atoms with Gasteiger partial charge in [0.15, 0.2) is 6.10 Å². The maximum absolute atomic E-state index is 12.8. The van der Waals surface area contributed by atoms with Crippen molar-refractivity contribution < 1.29 is 23.8 Å². The lowest BCUT2D eigenvalue weighted by Crippen LogP contribution is -2.36. The molecule has 0 aromatic heterocycles. The summed E-state index contributed by atoms with van der Waals surface area (Å²) in [6.07, 6.45) is -0.466. The van der Waals surface area contributed by atoms with E-state index in [9.17, 15) is 19.1 Å². The summed E-state index contributed by atoms with van der Waals surface area (Å²) in [5.41, 5.74) is 1.45. The normalized spacial score (nSPS) is 11.6. The molecule has 0 bridgehead atoms. The molecule has 0 aliphatic carbocycles. The number of rotatable bonds is 6. The van der Waals surface area contributed by atoms with Crippen LogP contribution in [0.4, 0.5) is 4.39 Å². The Balaban J connectivity index is 1.84. The van der Waals surface area contributed by atoms with E-state index in [2.05, 4.69) is 5.32 Å². The van der Waals surface area contributed by atoms with E-state index in [1.54, 1.807) is 31.2 Å². The average Bonchev–Trinajstić information content (AvgIpc) is 2.58. The molecular formula is C19H20FNO4. The van der Waals surface area contributed by atoms with Crippen LogP contribution < -0.4 is 5.32 Å². The minimum absolute atomic E-state index is 0.0194. The van der Waals surface area contributed by atoms with E-state index < -0.39 is 18.0 Å². The summed E-state index contributed by atoms with van der Waals surface area (Å²) in [6, 6.07) is 10.7. The van der Waals surface area contributed by atoms with E-state index in [1.807, 2.05) is 0 Å². The first kappa shape index (κ1) is 18.4. The van der Waals surface area contributed by atoms with Gasteiger partial charge in [0.25, 0.3) is 5.91 Å². The number of hydrogen-bond acceptors (Lipinski definition) is 4. The van der Waals surface area contributed by atoms with Gasteiger partial charge in [-0.15, -0.1) is 0 Å². The van der Waals surface area contributed by atoms with E-state index in [1.165, 1.54) is 25.1 Å². The molecule has 1 atom stereocenters. The number of carbonyl (C=O) groups excluding carboxylic acids is 2. The van der Waals surface area contributed by atoms with Gasteiger partial charge >= 0.3 is 5.97 Å². The van der Waals surface area contributed by atoms with Crippen molar-refractivity contribution in [2.75, 3.05) is 6.54 Å². The number of phenols is 1. The van der Waals surface area contributed by atoms with Gasteiger partial charge in [0.2, 0.25) is 0 Å². The molecule has 2 aromatic carbocycles. The zero-order valence-corrected chi connectivity index (χ0v) is 14.1. The SMILES string of the molecule is Cc1cccc(C(=O)O[C@@H](C)C(=O)NCCc2ccc(F)cc2)c1O. The van der Waals surface area contributed by atoms with Gasteiger partial charge < -0.3 is 15.2 Å². The van der Waals surface area contributed by atoms with Gasteiger partial charge in [-0.1, -0.05) is 24.3 Å². The molecule has 0 saturated heterocycles. The second-order valence-corrected chi connectivity index (χ2v) is 5.69. The monoisotopic (exact) mass is 345 g/mol. The van der Waals surface area contributed by atoms with Crippen LogP contribution in [-0.4, -0.2) is 29.6 Å². The molecule has 25 heavy (non-hydrogen) atoms. The first-order valence-corrected chi connectivity index (χ1v) is 7.90. The lowest BCUT2D eigenvalue weighted by atomic mass is 10.1. The third-order valence-corrected chi connectivity index (χ3v) is 3.74. The summed E-state index contributed by atoms with van der Waals surface area (Å²) in [4.78, 5) is 24.1. The van der Waals surface area contributed by atoms with Crippen LogP contribution in [-0.2, 0) is 16.0 Å². The Hall–Kier alpha value is -2.89. The molecular weight excluding hydrogens is 325 g/mol. The molecule has 132 valence electrons. The summed E-state index contributed by atoms with van der Waals surface area (Å²) >= 11 is 0. The Morgan fingerprint density at radius 1 is 1.20 bits per heavy atom. The molecule has 0 aliphatic rings. The van der Waals surface area contributed by atoms with Crippen molar-refractivity contribution in [1.82, 2.24) is 5.32 Å². The van der Waals surface area contributed by atoms with E-state index in [-0.39, 0.29) is 17.1 Å². The number of carbonyl (C=O) groups is 2. The van der Waals surface area contributed by atoms with Crippen LogP contribution in [0.5, 0.6) is 5.75 Å². The smallest absolute Gasteiger partial charge is 0.342 e. The van der Waals surface area contributed by atoms with Crippen molar-refractivity contribution in [2.24, 2.45) is 0 Å². The fraction of sp³-hybridized carbons (Fsp3) is 0.263. The zero-order valence-electron chi connectivity index (χ0n) is 14.1. The van der Waals surface area contributed by atoms with E-state index in [0.29, 0.717) is 18.5 Å². The first-order chi connectivity index (χ1) is 11.9. The summed E-state index contributed by atoms with van der Waals surface area (Å²) in [5, 5.41) is 12.5. The van der Waals surface area contributed by atoms with Crippen molar-refractivity contribution in [3.63, 3.8) is 0 Å². The largest absolute Gasteiger partial charge is 0.507 e. The number of nitrogens with one attached hydrogen (secondary N) is 1. The molecule has 1 amide bonds. The maximum Gasteiger partial charge on any atom is 0.342 e.